The fourth-order valence-corrected chi connectivity index (χ4v) is 2.64. The van der Waals surface area contributed by atoms with Crippen molar-refractivity contribution < 1.29 is 8.91 Å². The summed E-state index contributed by atoms with van der Waals surface area (Å²) in [6.07, 6.45) is 0. The maximum absolute atomic E-state index is 14.1. The summed E-state index contributed by atoms with van der Waals surface area (Å²) in [4.78, 5) is 0. The van der Waals surface area contributed by atoms with Gasteiger partial charge in [-0.15, -0.1) is 0 Å². The second kappa shape index (κ2) is 5.33. The molecule has 0 bridgehead atoms. The van der Waals surface area contributed by atoms with Gasteiger partial charge in [-0.25, -0.2) is 4.39 Å². The van der Waals surface area contributed by atoms with Crippen molar-refractivity contribution in [2.24, 2.45) is 0 Å². The summed E-state index contributed by atoms with van der Waals surface area (Å²) < 4.78 is 20.0. The van der Waals surface area contributed by atoms with Gasteiger partial charge in [-0.3, -0.25) is 0 Å². The number of halogens is 2. The summed E-state index contributed by atoms with van der Waals surface area (Å²) in [5.41, 5.74) is 9.17. The van der Waals surface area contributed by atoms with Gasteiger partial charge in [0, 0.05) is 10.0 Å². The molecule has 0 saturated heterocycles. The number of hydrogen-bond acceptors (Lipinski definition) is 3. The summed E-state index contributed by atoms with van der Waals surface area (Å²) in [5, 5.41) is 3.94. The van der Waals surface area contributed by atoms with Gasteiger partial charge in [0.25, 0.3) is 0 Å². The zero-order valence-electron chi connectivity index (χ0n) is 11.2. The zero-order valence-corrected chi connectivity index (χ0v) is 12.8. The number of rotatable bonds is 2. The van der Waals surface area contributed by atoms with Crippen LogP contribution >= 0.6 is 15.9 Å². The van der Waals surface area contributed by atoms with Gasteiger partial charge in [0.1, 0.15) is 11.5 Å². The molecule has 3 rings (SSSR count). The fourth-order valence-electron chi connectivity index (χ4n) is 2.28. The molecular weight excluding hydrogens is 335 g/mol. The summed E-state index contributed by atoms with van der Waals surface area (Å²) in [5.74, 6) is -0.194. The molecule has 3 nitrogen and oxygen atoms in total. The minimum atomic E-state index is -0.374. The minimum Gasteiger partial charge on any atom is -0.367 e. The number of nitrogens with zero attached hydrogens (tertiary/aromatic N) is 1. The summed E-state index contributed by atoms with van der Waals surface area (Å²) >= 11 is 3.34. The average molecular weight is 347 g/mol. The van der Waals surface area contributed by atoms with E-state index in [0.717, 1.165) is 15.6 Å². The molecule has 0 atom stereocenters. The van der Waals surface area contributed by atoms with Crippen molar-refractivity contribution in [3.05, 3.63) is 58.3 Å². The lowest BCUT2D eigenvalue weighted by Crippen LogP contribution is -1.92. The van der Waals surface area contributed by atoms with E-state index in [9.17, 15) is 4.39 Å². The van der Waals surface area contributed by atoms with Crippen LogP contribution in [0.5, 0.6) is 0 Å². The van der Waals surface area contributed by atoms with E-state index in [2.05, 4.69) is 21.1 Å². The van der Waals surface area contributed by atoms with Crippen LogP contribution in [0.15, 0.2) is 51.5 Å². The van der Waals surface area contributed by atoms with Crippen LogP contribution in [0.4, 0.5) is 10.3 Å². The Morgan fingerprint density at radius 2 is 1.90 bits per heavy atom. The van der Waals surface area contributed by atoms with E-state index < -0.39 is 0 Å². The predicted octanol–water partition coefficient (Wildman–Crippen LogP) is 4.80. The van der Waals surface area contributed by atoms with Crippen LogP contribution in [0.2, 0.25) is 0 Å². The van der Waals surface area contributed by atoms with Crippen LogP contribution in [0.25, 0.3) is 22.4 Å². The van der Waals surface area contributed by atoms with E-state index in [1.54, 1.807) is 12.1 Å². The fraction of sp³-hybridized carbons (Fsp3) is 0.0625. The van der Waals surface area contributed by atoms with Crippen molar-refractivity contribution in [3.8, 4) is 22.4 Å². The quantitative estimate of drug-likeness (QED) is 0.724. The van der Waals surface area contributed by atoms with Gasteiger partial charge >= 0.3 is 0 Å². The Balaban J connectivity index is 2.27. The Kier molecular flexibility index (Phi) is 3.51. The third-order valence-corrected chi connectivity index (χ3v) is 3.81. The molecule has 0 fully saturated rings. The first kappa shape index (κ1) is 13.8. The molecule has 0 amide bonds. The minimum absolute atomic E-state index is 0.179. The molecule has 21 heavy (non-hydrogen) atoms. The molecule has 0 aliphatic rings. The zero-order chi connectivity index (χ0) is 15.0. The van der Waals surface area contributed by atoms with E-state index in [0.29, 0.717) is 16.8 Å². The molecule has 0 saturated carbocycles. The van der Waals surface area contributed by atoms with Crippen LogP contribution < -0.4 is 5.73 Å². The molecule has 2 aromatic carbocycles. The van der Waals surface area contributed by atoms with Crippen molar-refractivity contribution in [3.63, 3.8) is 0 Å². The maximum atomic E-state index is 14.1. The lowest BCUT2D eigenvalue weighted by molar-refractivity contribution is 0.439. The Morgan fingerprint density at radius 1 is 1.14 bits per heavy atom. The molecule has 3 aromatic rings. The number of hydrogen-bond donors (Lipinski definition) is 1. The first-order valence-corrected chi connectivity index (χ1v) is 7.14. The predicted molar refractivity (Wildman–Crippen MR) is 84.2 cm³/mol. The molecular formula is C16H12BrFN2O. The first-order chi connectivity index (χ1) is 10.1. The van der Waals surface area contributed by atoms with Gasteiger partial charge in [0.05, 0.1) is 5.56 Å². The molecule has 1 aromatic heterocycles. The lowest BCUT2D eigenvalue weighted by Gasteiger charge is -2.07. The molecule has 5 heteroatoms. The highest BCUT2D eigenvalue weighted by atomic mass is 79.9. The van der Waals surface area contributed by atoms with E-state index in [1.807, 2.05) is 31.2 Å². The van der Waals surface area contributed by atoms with Gasteiger partial charge in [-0.2, -0.15) is 0 Å². The first-order valence-electron chi connectivity index (χ1n) is 6.34. The van der Waals surface area contributed by atoms with Gasteiger partial charge < -0.3 is 10.3 Å². The number of benzene rings is 2. The number of aryl methyl sites for hydroxylation is 1. The molecule has 0 radical (unpaired) electrons. The van der Waals surface area contributed by atoms with Crippen LogP contribution in [-0.2, 0) is 0 Å². The normalized spacial score (nSPS) is 10.8. The lowest BCUT2D eigenvalue weighted by atomic mass is 9.97. The second-order valence-corrected chi connectivity index (χ2v) is 5.63. The molecule has 0 spiro atoms. The van der Waals surface area contributed by atoms with Crippen LogP contribution in [0, 0.1) is 12.7 Å². The van der Waals surface area contributed by atoms with Crippen molar-refractivity contribution in [1.29, 1.82) is 0 Å². The standard InChI is InChI=1S/C16H12BrFN2O/c1-9-4-2-3-5-11(9)14-15(20-21-16(14)19)12-8-10(17)6-7-13(12)18/h2-8H,19H2,1H3. The maximum Gasteiger partial charge on any atom is 0.230 e. The van der Waals surface area contributed by atoms with Crippen molar-refractivity contribution in [1.82, 2.24) is 5.16 Å². The smallest absolute Gasteiger partial charge is 0.230 e. The Morgan fingerprint density at radius 3 is 2.67 bits per heavy atom. The molecule has 0 aliphatic heterocycles. The Labute approximate surface area is 129 Å². The number of nitrogen functional groups attached to an aromatic ring is 1. The van der Waals surface area contributed by atoms with Crippen LogP contribution in [-0.4, -0.2) is 5.16 Å². The summed E-state index contributed by atoms with van der Waals surface area (Å²) in [7, 11) is 0. The number of anilines is 1. The molecule has 106 valence electrons. The molecule has 2 N–H and O–H groups in total. The molecule has 1 heterocycles. The van der Waals surface area contributed by atoms with Crippen molar-refractivity contribution in [2.45, 2.75) is 6.92 Å². The van der Waals surface area contributed by atoms with E-state index in [-0.39, 0.29) is 11.7 Å². The van der Waals surface area contributed by atoms with Crippen molar-refractivity contribution in [2.75, 3.05) is 5.73 Å². The van der Waals surface area contributed by atoms with Gasteiger partial charge in [-0.05, 0) is 36.2 Å². The van der Waals surface area contributed by atoms with Crippen molar-refractivity contribution >= 4 is 21.8 Å². The van der Waals surface area contributed by atoms with E-state index in [4.69, 9.17) is 10.3 Å². The SMILES string of the molecule is Cc1ccccc1-c1c(-c2cc(Br)ccc2F)noc1N. The Bertz CT molecular complexity index is 814. The highest BCUT2D eigenvalue weighted by Gasteiger charge is 2.21. The molecule has 0 aliphatic carbocycles. The van der Waals surface area contributed by atoms with Gasteiger partial charge in [0.15, 0.2) is 0 Å². The average Bonchev–Trinajstić information content (AvgIpc) is 2.84. The number of aromatic nitrogens is 1. The second-order valence-electron chi connectivity index (χ2n) is 4.71. The monoisotopic (exact) mass is 346 g/mol. The summed E-state index contributed by atoms with van der Waals surface area (Å²) in [6.45, 7) is 1.96. The third-order valence-electron chi connectivity index (χ3n) is 3.32. The van der Waals surface area contributed by atoms with Gasteiger partial charge in [-0.1, -0.05) is 45.4 Å². The third kappa shape index (κ3) is 2.45. The van der Waals surface area contributed by atoms with Crippen LogP contribution in [0.3, 0.4) is 0 Å². The van der Waals surface area contributed by atoms with Gasteiger partial charge in [0.2, 0.25) is 5.88 Å². The molecule has 0 unspecified atom stereocenters. The largest absolute Gasteiger partial charge is 0.367 e. The topological polar surface area (TPSA) is 52.0 Å². The highest BCUT2D eigenvalue weighted by Crippen LogP contribution is 2.39. The van der Waals surface area contributed by atoms with E-state index >= 15 is 0 Å². The van der Waals surface area contributed by atoms with E-state index in [1.165, 1.54) is 6.07 Å². The number of nitrogens with two attached hydrogens (primary N) is 1. The summed E-state index contributed by atoms with van der Waals surface area (Å²) in [6, 6.07) is 12.4. The van der Waals surface area contributed by atoms with Crippen LogP contribution in [0.1, 0.15) is 5.56 Å². The highest BCUT2D eigenvalue weighted by molar-refractivity contribution is 9.10. The Hall–Kier alpha value is -2.14.